The standard InChI is InChI=1S/C25H23N3O/c1-18-13-15-20(16-14-18)23-22(17-19-9-5-3-6-10-19)28(2)25(26-23)27-24(29)21-11-7-4-8-12-21/h3-16H,17H2,1-2H3,(H,26,27,29). The van der Waals surface area contributed by atoms with Gasteiger partial charge in [-0.3, -0.25) is 10.1 Å². The van der Waals surface area contributed by atoms with E-state index in [9.17, 15) is 4.79 Å². The summed E-state index contributed by atoms with van der Waals surface area (Å²) < 4.78 is 1.98. The van der Waals surface area contributed by atoms with Crippen molar-refractivity contribution in [2.75, 3.05) is 5.32 Å². The van der Waals surface area contributed by atoms with Gasteiger partial charge in [-0.25, -0.2) is 4.98 Å². The summed E-state index contributed by atoms with van der Waals surface area (Å²) in [6, 6.07) is 27.8. The first-order valence-corrected chi connectivity index (χ1v) is 9.65. The van der Waals surface area contributed by atoms with Gasteiger partial charge in [0.05, 0.1) is 11.4 Å². The van der Waals surface area contributed by atoms with Crippen LogP contribution in [-0.4, -0.2) is 15.5 Å². The lowest BCUT2D eigenvalue weighted by atomic mass is 10.0. The van der Waals surface area contributed by atoms with Gasteiger partial charge >= 0.3 is 0 Å². The molecule has 1 heterocycles. The van der Waals surface area contributed by atoms with Crippen LogP contribution >= 0.6 is 0 Å². The summed E-state index contributed by atoms with van der Waals surface area (Å²) in [4.78, 5) is 17.5. The van der Waals surface area contributed by atoms with E-state index in [1.807, 2.05) is 48.0 Å². The topological polar surface area (TPSA) is 46.9 Å². The van der Waals surface area contributed by atoms with Gasteiger partial charge in [0.1, 0.15) is 0 Å². The minimum atomic E-state index is -0.166. The second kappa shape index (κ2) is 8.15. The molecule has 0 aliphatic rings. The van der Waals surface area contributed by atoms with Gasteiger partial charge in [-0.2, -0.15) is 0 Å². The van der Waals surface area contributed by atoms with Crippen LogP contribution in [0.4, 0.5) is 5.95 Å². The molecule has 0 bridgehead atoms. The Morgan fingerprint density at radius 2 is 1.52 bits per heavy atom. The maximum absolute atomic E-state index is 12.7. The number of amides is 1. The third-order valence-electron chi connectivity index (χ3n) is 5.01. The molecule has 0 saturated carbocycles. The number of rotatable bonds is 5. The summed E-state index contributed by atoms with van der Waals surface area (Å²) in [6.07, 6.45) is 0.731. The Labute approximate surface area is 170 Å². The molecule has 0 unspecified atom stereocenters. The molecule has 4 rings (SSSR count). The molecule has 4 heteroatoms. The minimum Gasteiger partial charge on any atom is -0.316 e. The maximum atomic E-state index is 12.7. The van der Waals surface area contributed by atoms with Crippen molar-refractivity contribution in [1.82, 2.24) is 9.55 Å². The van der Waals surface area contributed by atoms with Crippen LogP contribution in [0, 0.1) is 6.92 Å². The lowest BCUT2D eigenvalue weighted by molar-refractivity contribution is 0.102. The van der Waals surface area contributed by atoms with E-state index in [0.717, 1.165) is 23.4 Å². The van der Waals surface area contributed by atoms with Gasteiger partial charge in [0, 0.05) is 24.6 Å². The predicted molar refractivity (Wildman–Crippen MR) is 117 cm³/mol. The smallest absolute Gasteiger partial charge is 0.257 e. The Kier molecular flexibility index (Phi) is 5.25. The first-order valence-electron chi connectivity index (χ1n) is 9.65. The largest absolute Gasteiger partial charge is 0.316 e. The Balaban J connectivity index is 1.73. The molecule has 0 radical (unpaired) electrons. The first-order chi connectivity index (χ1) is 14.1. The van der Waals surface area contributed by atoms with Crippen molar-refractivity contribution in [1.29, 1.82) is 0 Å². The average Bonchev–Trinajstić information content (AvgIpc) is 3.05. The molecule has 0 fully saturated rings. The van der Waals surface area contributed by atoms with Gasteiger partial charge in [0.2, 0.25) is 5.95 Å². The Morgan fingerprint density at radius 3 is 2.17 bits per heavy atom. The molecule has 0 aliphatic heterocycles. The van der Waals surface area contributed by atoms with Gasteiger partial charge in [-0.05, 0) is 24.6 Å². The fourth-order valence-corrected chi connectivity index (χ4v) is 3.34. The third-order valence-corrected chi connectivity index (χ3v) is 5.01. The Morgan fingerprint density at radius 1 is 0.897 bits per heavy atom. The second-order valence-electron chi connectivity index (χ2n) is 7.14. The molecule has 1 N–H and O–H groups in total. The fraction of sp³-hybridized carbons (Fsp3) is 0.120. The fourth-order valence-electron chi connectivity index (χ4n) is 3.34. The zero-order chi connectivity index (χ0) is 20.2. The number of hydrogen-bond donors (Lipinski definition) is 1. The van der Waals surface area contributed by atoms with E-state index < -0.39 is 0 Å². The van der Waals surface area contributed by atoms with Crippen molar-refractivity contribution in [3.05, 3.63) is 107 Å². The highest BCUT2D eigenvalue weighted by atomic mass is 16.1. The molecular weight excluding hydrogens is 358 g/mol. The zero-order valence-corrected chi connectivity index (χ0v) is 16.6. The van der Waals surface area contributed by atoms with Gasteiger partial charge in [0.15, 0.2) is 0 Å². The van der Waals surface area contributed by atoms with Crippen LogP contribution in [0.1, 0.15) is 27.2 Å². The van der Waals surface area contributed by atoms with Crippen LogP contribution in [0.25, 0.3) is 11.3 Å². The van der Waals surface area contributed by atoms with E-state index in [-0.39, 0.29) is 5.91 Å². The number of carbonyl (C=O) groups excluding carboxylic acids is 1. The first kappa shape index (κ1) is 18.7. The third kappa shape index (κ3) is 4.11. The zero-order valence-electron chi connectivity index (χ0n) is 16.6. The minimum absolute atomic E-state index is 0.166. The molecule has 0 atom stereocenters. The number of nitrogens with zero attached hydrogens (tertiary/aromatic N) is 2. The highest BCUT2D eigenvalue weighted by Gasteiger charge is 2.18. The van der Waals surface area contributed by atoms with Crippen molar-refractivity contribution < 1.29 is 4.79 Å². The van der Waals surface area contributed by atoms with E-state index in [1.165, 1.54) is 11.1 Å². The van der Waals surface area contributed by atoms with Gasteiger partial charge < -0.3 is 4.57 Å². The molecule has 29 heavy (non-hydrogen) atoms. The number of imidazole rings is 1. The van der Waals surface area contributed by atoms with Crippen molar-refractivity contribution in [3.63, 3.8) is 0 Å². The number of carbonyl (C=O) groups is 1. The monoisotopic (exact) mass is 381 g/mol. The summed E-state index contributed by atoms with van der Waals surface area (Å²) in [6.45, 7) is 2.07. The van der Waals surface area contributed by atoms with Crippen LogP contribution < -0.4 is 5.32 Å². The molecule has 1 aromatic heterocycles. The predicted octanol–water partition coefficient (Wildman–Crippen LogP) is 5.24. The molecule has 3 aromatic carbocycles. The molecule has 4 nitrogen and oxygen atoms in total. The van der Waals surface area contributed by atoms with Crippen LogP contribution in [0.15, 0.2) is 84.9 Å². The molecule has 1 amide bonds. The Bertz CT molecular complexity index is 1110. The van der Waals surface area contributed by atoms with Crippen LogP contribution in [0.3, 0.4) is 0 Å². The van der Waals surface area contributed by atoms with Crippen molar-refractivity contribution in [3.8, 4) is 11.3 Å². The summed E-state index contributed by atoms with van der Waals surface area (Å²) >= 11 is 0. The van der Waals surface area contributed by atoms with Crippen molar-refractivity contribution >= 4 is 11.9 Å². The lowest BCUT2D eigenvalue weighted by Gasteiger charge is -2.09. The summed E-state index contributed by atoms with van der Waals surface area (Å²) in [5, 5.41) is 2.97. The van der Waals surface area contributed by atoms with Crippen molar-refractivity contribution in [2.24, 2.45) is 7.05 Å². The van der Waals surface area contributed by atoms with E-state index in [1.54, 1.807) is 12.1 Å². The lowest BCUT2D eigenvalue weighted by Crippen LogP contribution is -2.15. The summed E-state index contributed by atoms with van der Waals surface area (Å²) in [5.41, 5.74) is 5.99. The summed E-state index contributed by atoms with van der Waals surface area (Å²) in [7, 11) is 1.95. The highest BCUT2D eigenvalue weighted by molar-refractivity contribution is 6.03. The number of aryl methyl sites for hydroxylation is 1. The number of nitrogens with one attached hydrogen (secondary N) is 1. The molecule has 144 valence electrons. The normalized spacial score (nSPS) is 10.7. The highest BCUT2D eigenvalue weighted by Crippen LogP contribution is 2.28. The van der Waals surface area contributed by atoms with E-state index in [4.69, 9.17) is 4.98 Å². The molecule has 0 aliphatic carbocycles. The van der Waals surface area contributed by atoms with Crippen LogP contribution in [0.2, 0.25) is 0 Å². The number of benzene rings is 3. The van der Waals surface area contributed by atoms with Crippen LogP contribution in [-0.2, 0) is 13.5 Å². The maximum Gasteiger partial charge on any atom is 0.257 e. The molecule has 0 spiro atoms. The number of aromatic nitrogens is 2. The second-order valence-corrected chi connectivity index (χ2v) is 7.14. The van der Waals surface area contributed by atoms with Crippen LogP contribution in [0.5, 0.6) is 0 Å². The van der Waals surface area contributed by atoms with Crippen molar-refractivity contribution in [2.45, 2.75) is 13.3 Å². The van der Waals surface area contributed by atoms with Gasteiger partial charge in [0.25, 0.3) is 5.91 Å². The molecule has 4 aromatic rings. The van der Waals surface area contributed by atoms with E-state index in [0.29, 0.717) is 11.5 Å². The van der Waals surface area contributed by atoms with E-state index >= 15 is 0 Å². The molecular formula is C25H23N3O. The SMILES string of the molecule is Cc1ccc(-c2nc(NC(=O)c3ccccc3)n(C)c2Cc2ccccc2)cc1. The number of hydrogen-bond acceptors (Lipinski definition) is 2. The average molecular weight is 381 g/mol. The quantitative estimate of drug-likeness (QED) is 0.514. The summed E-state index contributed by atoms with van der Waals surface area (Å²) in [5.74, 6) is 0.376. The van der Waals surface area contributed by atoms with E-state index in [2.05, 4.69) is 48.6 Å². The van der Waals surface area contributed by atoms with Gasteiger partial charge in [-0.15, -0.1) is 0 Å². The molecule has 0 saturated heterocycles. The number of anilines is 1. The Hall–Kier alpha value is -3.66. The van der Waals surface area contributed by atoms with Gasteiger partial charge in [-0.1, -0.05) is 78.4 Å².